The molecule has 0 atom stereocenters. The van der Waals surface area contributed by atoms with Crippen LogP contribution < -0.4 is 5.32 Å². The van der Waals surface area contributed by atoms with Crippen molar-refractivity contribution in [1.29, 1.82) is 0 Å². The zero-order valence-corrected chi connectivity index (χ0v) is 16.7. The molecule has 0 bridgehead atoms. The van der Waals surface area contributed by atoms with Gasteiger partial charge in [-0.05, 0) is 37.8 Å². The summed E-state index contributed by atoms with van der Waals surface area (Å²) < 4.78 is 0. The topological polar surface area (TPSA) is 52.7 Å². The lowest BCUT2D eigenvalue weighted by Gasteiger charge is -2.33. The molecule has 2 aliphatic carbocycles. The second-order valence-electron chi connectivity index (χ2n) is 8.09. The molecule has 0 aromatic heterocycles. The van der Waals surface area contributed by atoms with Gasteiger partial charge in [0, 0.05) is 26.2 Å². The largest absolute Gasteiger partial charge is 0.339 e. The van der Waals surface area contributed by atoms with Crippen molar-refractivity contribution < 1.29 is 9.59 Å². The van der Waals surface area contributed by atoms with Gasteiger partial charge in [-0.25, -0.2) is 4.79 Å². The molecule has 148 valence electrons. The van der Waals surface area contributed by atoms with E-state index in [0.717, 1.165) is 25.7 Å². The quantitative estimate of drug-likeness (QED) is 0.819. The minimum absolute atomic E-state index is 0.00174. The predicted molar refractivity (Wildman–Crippen MR) is 109 cm³/mol. The maximum Gasteiger partial charge on any atom is 0.321 e. The lowest BCUT2D eigenvalue weighted by Crippen LogP contribution is -2.42. The zero-order chi connectivity index (χ0) is 19.2. The summed E-state index contributed by atoms with van der Waals surface area (Å²) in [5.74, 6) is -0.00174. The molecule has 1 N–H and O–H groups in total. The van der Waals surface area contributed by atoms with Crippen LogP contribution in [0.2, 0.25) is 0 Å². The molecule has 5 nitrogen and oxygen atoms in total. The first-order valence-electron chi connectivity index (χ1n) is 10.5. The van der Waals surface area contributed by atoms with Gasteiger partial charge in [-0.2, -0.15) is 0 Å². The minimum atomic E-state index is -0.123. The second kappa shape index (κ2) is 9.25. The monoisotopic (exact) mass is 371 g/mol. The van der Waals surface area contributed by atoms with Crippen LogP contribution in [0.4, 0.5) is 10.5 Å². The van der Waals surface area contributed by atoms with E-state index in [1.54, 1.807) is 0 Å². The van der Waals surface area contributed by atoms with Crippen LogP contribution >= 0.6 is 0 Å². The van der Waals surface area contributed by atoms with E-state index in [9.17, 15) is 9.59 Å². The van der Waals surface area contributed by atoms with Crippen LogP contribution in [-0.2, 0) is 0 Å². The van der Waals surface area contributed by atoms with E-state index in [1.165, 1.54) is 38.5 Å². The number of carbonyl (C=O) groups excluding carboxylic acids is 2. The maximum atomic E-state index is 13.1. The number of nitrogens with zero attached hydrogens (tertiary/aromatic N) is 2. The number of carbonyl (C=O) groups is 2. The van der Waals surface area contributed by atoms with E-state index in [2.05, 4.69) is 5.32 Å². The zero-order valence-electron chi connectivity index (χ0n) is 16.7. The summed E-state index contributed by atoms with van der Waals surface area (Å²) in [6.45, 7) is 0. The molecule has 3 rings (SSSR count). The van der Waals surface area contributed by atoms with Gasteiger partial charge in [-0.1, -0.05) is 50.7 Å². The third kappa shape index (κ3) is 4.82. The number of anilines is 1. The summed E-state index contributed by atoms with van der Waals surface area (Å²) in [5.41, 5.74) is 1.19. The highest BCUT2D eigenvalue weighted by molar-refractivity contribution is 6.03. The molecule has 0 heterocycles. The van der Waals surface area contributed by atoms with Gasteiger partial charge in [-0.3, -0.25) is 4.79 Å². The fourth-order valence-electron chi connectivity index (χ4n) is 4.44. The van der Waals surface area contributed by atoms with Crippen molar-refractivity contribution in [2.75, 3.05) is 19.4 Å². The lowest BCUT2D eigenvalue weighted by molar-refractivity contribution is 0.0697. The van der Waals surface area contributed by atoms with E-state index in [-0.39, 0.29) is 11.9 Å². The number of rotatable bonds is 4. The molecule has 1 aromatic carbocycles. The fraction of sp³-hybridized carbons (Fsp3) is 0.636. The van der Waals surface area contributed by atoms with Gasteiger partial charge < -0.3 is 15.1 Å². The average Bonchev–Trinajstić information content (AvgIpc) is 2.73. The molecule has 2 saturated carbocycles. The Bertz CT molecular complexity index is 649. The van der Waals surface area contributed by atoms with Crippen LogP contribution in [0.25, 0.3) is 0 Å². The highest BCUT2D eigenvalue weighted by Gasteiger charge is 2.26. The maximum absolute atomic E-state index is 13.1. The molecule has 2 aliphatic rings. The Kier molecular flexibility index (Phi) is 6.75. The van der Waals surface area contributed by atoms with Gasteiger partial charge in [0.25, 0.3) is 5.91 Å². The number of amides is 3. The van der Waals surface area contributed by atoms with Gasteiger partial charge in [0.2, 0.25) is 0 Å². The van der Waals surface area contributed by atoms with Crippen LogP contribution in [0.5, 0.6) is 0 Å². The standard InChI is InChI=1S/C22H33N3O2/c1-24(17-11-5-3-6-12-17)21(26)19-15-9-10-16-20(19)23-22(27)25(2)18-13-7-4-8-14-18/h9-10,15-18H,3-8,11-14H2,1-2H3,(H,23,27). The molecular formula is C22H33N3O2. The molecular weight excluding hydrogens is 338 g/mol. The molecule has 3 amide bonds. The van der Waals surface area contributed by atoms with Crippen molar-refractivity contribution in [2.24, 2.45) is 0 Å². The van der Waals surface area contributed by atoms with Gasteiger partial charge in [0.15, 0.2) is 0 Å². The Hall–Kier alpha value is -2.04. The summed E-state index contributed by atoms with van der Waals surface area (Å²) in [6.07, 6.45) is 11.5. The van der Waals surface area contributed by atoms with Crippen molar-refractivity contribution in [3.05, 3.63) is 29.8 Å². The summed E-state index contributed by atoms with van der Waals surface area (Å²) in [5, 5.41) is 2.99. The van der Waals surface area contributed by atoms with E-state index < -0.39 is 0 Å². The number of hydrogen-bond acceptors (Lipinski definition) is 2. The molecule has 0 saturated heterocycles. The SMILES string of the molecule is CN(C(=O)Nc1ccccc1C(=O)N(C)C1CCCCC1)C1CCCCC1. The van der Waals surface area contributed by atoms with Gasteiger partial charge in [0.1, 0.15) is 0 Å². The van der Waals surface area contributed by atoms with Crippen molar-refractivity contribution in [3.63, 3.8) is 0 Å². The molecule has 1 aromatic rings. The fourth-order valence-corrected chi connectivity index (χ4v) is 4.44. The lowest BCUT2D eigenvalue weighted by atomic mass is 9.94. The third-order valence-corrected chi connectivity index (χ3v) is 6.28. The average molecular weight is 372 g/mol. The third-order valence-electron chi connectivity index (χ3n) is 6.28. The molecule has 0 radical (unpaired) electrons. The number of benzene rings is 1. The molecule has 0 unspecified atom stereocenters. The molecule has 5 heteroatoms. The van der Waals surface area contributed by atoms with Crippen LogP contribution in [0, 0.1) is 0 Å². The van der Waals surface area contributed by atoms with Crippen LogP contribution in [0.1, 0.15) is 74.6 Å². The van der Waals surface area contributed by atoms with E-state index in [1.807, 2.05) is 48.2 Å². The predicted octanol–water partition coefficient (Wildman–Crippen LogP) is 4.89. The Labute approximate surface area is 163 Å². The number of nitrogens with one attached hydrogen (secondary N) is 1. The smallest absolute Gasteiger partial charge is 0.321 e. The Morgan fingerprint density at radius 3 is 1.93 bits per heavy atom. The van der Waals surface area contributed by atoms with Gasteiger partial charge in [0.05, 0.1) is 11.3 Å². The van der Waals surface area contributed by atoms with Crippen LogP contribution in [0.3, 0.4) is 0 Å². The molecule has 0 aliphatic heterocycles. The minimum Gasteiger partial charge on any atom is -0.339 e. The first kappa shape index (κ1) is 19.7. The van der Waals surface area contributed by atoms with Crippen molar-refractivity contribution in [1.82, 2.24) is 9.80 Å². The number of urea groups is 1. The van der Waals surface area contributed by atoms with Gasteiger partial charge in [-0.15, -0.1) is 0 Å². The van der Waals surface area contributed by atoms with Crippen LogP contribution in [0.15, 0.2) is 24.3 Å². The molecule has 0 spiro atoms. The van der Waals surface area contributed by atoms with Crippen molar-refractivity contribution in [2.45, 2.75) is 76.3 Å². The van der Waals surface area contributed by atoms with Crippen LogP contribution in [-0.4, -0.2) is 47.9 Å². The summed E-state index contributed by atoms with van der Waals surface area (Å²) in [6, 6.07) is 7.86. The summed E-state index contributed by atoms with van der Waals surface area (Å²) >= 11 is 0. The Balaban J connectivity index is 1.69. The second-order valence-corrected chi connectivity index (χ2v) is 8.09. The Morgan fingerprint density at radius 2 is 1.33 bits per heavy atom. The van der Waals surface area contributed by atoms with E-state index in [0.29, 0.717) is 23.3 Å². The summed E-state index contributed by atoms with van der Waals surface area (Å²) in [4.78, 5) is 29.5. The normalized spacial score (nSPS) is 18.7. The molecule has 2 fully saturated rings. The number of para-hydroxylation sites is 1. The summed E-state index contributed by atoms with van der Waals surface area (Å²) in [7, 11) is 3.76. The van der Waals surface area contributed by atoms with Gasteiger partial charge >= 0.3 is 6.03 Å². The van der Waals surface area contributed by atoms with Crippen molar-refractivity contribution >= 4 is 17.6 Å². The number of hydrogen-bond donors (Lipinski definition) is 1. The van der Waals surface area contributed by atoms with E-state index in [4.69, 9.17) is 0 Å². The first-order valence-corrected chi connectivity index (χ1v) is 10.5. The first-order chi connectivity index (χ1) is 13.1. The van der Waals surface area contributed by atoms with E-state index >= 15 is 0 Å². The highest BCUT2D eigenvalue weighted by Crippen LogP contribution is 2.26. The molecule has 27 heavy (non-hydrogen) atoms. The highest BCUT2D eigenvalue weighted by atomic mass is 16.2. The Morgan fingerprint density at radius 1 is 0.815 bits per heavy atom. The van der Waals surface area contributed by atoms with Crippen molar-refractivity contribution in [3.8, 4) is 0 Å².